The lowest BCUT2D eigenvalue weighted by Crippen LogP contribution is -2.72. The summed E-state index contributed by atoms with van der Waals surface area (Å²) in [5.41, 5.74) is 1.48. The maximum atomic E-state index is 14.9. The molecule has 1 N–H and O–H groups in total. The summed E-state index contributed by atoms with van der Waals surface area (Å²) < 4.78 is 43.3. The lowest BCUT2D eigenvalue weighted by atomic mass is 9.96. The minimum atomic E-state index is -3.80. The van der Waals surface area contributed by atoms with Crippen molar-refractivity contribution in [2.24, 2.45) is 5.92 Å². The number of nitrogens with one attached hydrogen (secondary N) is 1. The Morgan fingerprint density at radius 3 is 2.49 bits per heavy atom. The van der Waals surface area contributed by atoms with Crippen molar-refractivity contribution < 1.29 is 32.0 Å². The zero-order chi connectivity index (χ0) is 33.3. The normalized spacial score (nSPS) is 26.3. The monoisotopic (exact) mass is 776 g/mol. The highest BCUT2D eigenvalue weighted by Crippen LogP contribution is 2.37. The van der Waals surface area contributed by atoms with Crippen LogP contribution in [-0.4, -0.2) is 80.8 Å². The number of β-lactam (4-membered cyclic amide) rings is 1. The lowest BCUT2D eigenvalue weighted by Gasteiger charge is -2.45. The molecule has 3 fully saturated rings. The Bertz CT molecular complexity index is 1680. The predicted molar refractivity (Wildman–Crippen MR) is 182 cm³/mol. The van der Waals surface area contributed by atoms with Gasteiger partial charge >= 0.3 is 0 Å². The van der Waals surface area contributed by atoms with Crippen LogP contribution in [0.4, 0.5) is 4.39 Å². The molecule has 4 aliphatic rings. The third kappa shape index (κ3) is 7.10. The largest absolute Gasteiger partial charge is 0.340 e. The number of amides is 4. The van der Waals surface area contributed by atoms with Crippen molar-refractivity contribution in [2.75, 3.05) is 13.1 Å². The smallest absolute Gasteiger partial charge is 0.265 e. The molecule has 3 heterocycles. The summed E-state index contributed by atoms with van der Waals surface area (Å²) in [4.78, 5) is 55.3. The molecule has 4 amide bonds. The minimum absolute atomic E-state index is 0.0734. The number of sulfonamides is 1. The van der Waals surface area contributed by atoms with Gasteiger partial charge in [0.15, 0.2) is 0 Å². The molecule has 0 bridgehead atoms. The number of halogens is 2. The summed E-state index contributed by atoms with van der Waals surface area (Å²) in [6.45, 7) is 0.392. The molecule has 2 saturated heterocycles. The van der Waals surface area contributed by atoms with Gasteiger partial charge in [0, 0.05) is 19.5 Å². The molecule has 0 radical (unpaired) electrons. The molecule has 0 spiro atoms. The Kier molecular flexibility index (Phi) is 10.0. The van der Waals surface area contributed by atoms with Gasteiger partial charge in [0.1, 0.15) is 17.9 Å². The first-order chi connectivity index (χ1) is 22.6. The Morgan fingerprint density at radius 2 is 1.74 bits per heavy atom. The zero-order valence-corrected chi connectivity index (χ0v) is 28.9. The molecular formula is C34H38FIN4O6S. The van der Waals surface area contributed by atoms with Crippen LogP contribution in [0.2, 0.25) is 0 Å². The van der Waals surface area contributed by atoms with E-state index < -0.39 is 56.9 Å². The maximum Gasteiger partial charge on any atom is 0.265 e. The van der Waals surface area contributed by atoms with Crippen molar-refractivity contribution in [3.63, 3.8) is 0 Å². The second kappa shape index (κ2) is 14.0. The number of fused-ring (bicyclic) bond motifs is 2. The van der Waals surface area contributed by atoms with Gasteiger partial charge in [0.25, 0.3) is 11.8 Å². The highest BCUT2D eigenvalue weighted by molar-refractivity contribution is 14.1. The van der Waals surface area contributed by atoms with Gasteiger partial charge in [0.05, 0.1) is 39.7 Å². The van der Waals surface area contributed by atoms with Gasteiger partial charge in [-0.25, -0.2) is 17.1 Å². The molecule has 4 atom stereocenters. The highest BCUT2D eigenvalue weighted by Gasteiger charge is 2.57. The van der Waals surface area contributed by atoms with Crippen LogP contribution >= 0.6 is 22.9 Å². The topological polar surface area (TPSA) is 124 Å². The Labute approximate surface area is 288 Å². The maximum absolute atomic E-state index is 14.9. The molecular weight excluding hydrogens is 738 g/mol. The van der Waals surface area contributed by atoms with E-state index in [-0.39, 0.29) is 43.3 Å². The van der Waals surface area contributed by atoms with Crippen LogP contribution in [0.25, 0.3) is 11.1 Å². The fraction of sp³-hybridized carbons (Fsp3) is 0.471. The molecule has 47 heavy (non-hydrogen) atoms. The SMILES string of the molecule is O=C1NC2C(=O)N(S(=O)(=O)C3CC3)[C@H]2/C=C\CCCCCCC(=O)N2C[C@H](CN(I)C(=O)c3cc(-c4ccccc4)ccc3F)C[C@@H]12. The molecule has 0 aromatic heterocycles. The van der Waals surface area contributed by atoms with E-state index in [1.165, 1.54) is 20.1 Å². The molecule has 2 aromatic rings. The zero-order valence-electron chi connectivity index (χ0n) is 25.9. The van der Waals surface area contributed by atoms with Crippen molar-refractivity contribution in [1.29, 1.82) is 0 Å². The van der Waals surface area contributed by atoms with Gasteiger partial charge in [-0.05, 0) is 67.7 Å². The van der Waals surface area contributed by atoms with E-state index in [4.69, 9.17) is 0 Å². The molecule has 6 rings (SSSR count). The van der Waals surface area contributed by atoms with E-state index in [1.54, 1.807) is 12.1 Å². The van der Waals surface area contributed by atoms with Gasteiger partial charge in [-0.15, -0.1) is 0 Å². The van der Waals surface area contributed by atoms with Gasteiger partial charge in [-0.1, -0.05) is 61.4 Å². The van der Waals surface area contributed by atoms with Crippen LogP contribution in [0, 0.1) is 11.7 Å². The van der Waals surface area contributed by atoms with E-state index >= 15 is 0 Å². The van der Waals surface area contributed by atoms with E-state index in [9.17, 15) is 32.0 Å². The number of allylic oxidation sites excluding steroid dienone is 1. The number of hydrogen-bond acceptors (Lipinski definition) is 6. The molecule has 2 aromatic carbocycles. The third-order valence-electron chi connectivity index (χ3n) is 9.41. The van der Waals surface area contributed by atoms with Crippen molar-refractivity contribution in [3.05, 3.63) is 72.1 Å². The second-order valence-corrected chi connectivity index (χ2v) is 16.1. The second-order valence-electron chi connectivity index (χ2n) is 12.8. The molecule has 1 aliphatic carbocycles. The first-order valence-corrected chi connectivity index (χ1v) is 18.7. The van der Waals surface area contributed by atoms with E-state index in [2.05, 4.69) is 5.32 Å². The molecule has 1 unspecified atom stereocenters. The number of rotatable bonds is 6. The van der Waals surface area contributed by atoms with Crippen LogP contribution in [0.1, 0.15) is 68.1 Å². The third-order valence-corrected chi connectivity index (χ3v) is 12.5. The van der Waals surface area contributed by atoms with E-state index in [0.717, 1.165) is 29.1 Å². The van der Waals surface area contributed by atoms with E-state index in [0.29, 0.717) is 31.2 Å². The fourth-order valence-electron chi connectivity index (χ4n) is 6.68. The van der Waals surface area contributed by atoms with Crippen LogP contribution in [-0.2, 0) is 24.4 Å². The summed E-state index contributed by atoms with van der Waals surface area (Å²) in [7, 11) is -3.80. The number of nitrogens with zero attached hydrogens (tertiary/aromatic N) is 3. The lowest BCUT2D eigenvalue weighted by molar-refractivity contribution is -0.145. The van der Waals surface area contributed by atoms with Crippen molar-refractivity contribution in [2.45, 2.75) is 81.2 Å². The van der Waals surface area contributed by atoms with Crippen molar-refractivity contribution in [3.8, 4) is 11.1 Å². The molecule has 1 saturated carbocycles. The summed E-state index contributed by atoms with van der Waals surface area (Å²) in [6.07, 6.45) is 9.09. The van der Waals surface area contributed by atoms with Gasteiger partial charge in [-0.2, -0.15) is 0 Å². The summed E-state index contributed by atoms with van der Waals surface area (Å²) in [5.74, 6) is -2.81. The Morgan fingerprint density at radius 1 is 1.00 bits per heavy atom. The number of carbonyl (C=O) groups excluding carboxylic acids is 4. The molecule has 13 heteroatoms. The Balaban J connectivity index is 1.18. The van der Waals surface area contributed by atoms with E-state index in [1.807, 2.05) is 59.3 Å². The van der Waals surface area contributed by atoms with Crippen molar-refractivity contribution >= 4 is 56.5 Å². The Hall–Kier alpha value is -3.33. The van der Waals surface area contributed by atoms with Crippen LogP contribution < -0.4 is 5.32 Å². The first kappa shape index (κ1) is 33.6. The number of benzene rings is 2. The van der Waals surface area contributed by atoms with Crippen molar-refractivity contribution in [1.82, 2.24) is 17.6 Å². The summed E-state index contributed by atoms with van der Waals surface area (Å²) in [6, 6.07) is 11.0. The predicted octanol–water partition coefficient (Wildman–Crippen LogP) is 4.60. The summed E-state index contributed by atoms with van der Waals surface area (Å²) in [5, 5.41) is 2.20. The van der Waals surface area contributed by atoms with Crippen LogP contribution in [0.3, 0.4) is 0 Å². The minimum Gasteiger partial charge on any atom is -0.340 e. The quantitative estimate of drug-likeness (QED) is 0.198. The molecule has 3 aliphatic heterocycles. The summed E-state index contributed by atoms with van der Waals surface area (Å²) >= 11 is 1.85. The molecule has 250 valence electrons. The standard InChI is InChI=1S/C34H38FIN4O6S/c35-27-17-14-24(23-10-6-5-7-11-23)19-26(27)33(43)39(36)21-22-18-29-32(42)37-31-28(40(34(31)44)47(45,46)25-15-16-25)12-8-3-1-2-4-9-13-30(41)38(29)20-22/h5-8,10-12,14,17,19,22,25,28-29,31H,1-4,9,13,15-16,18,20-21H2,(H,37,42)/b12-8-/t22-,28+,29+,31?/m1/s1. The molecule has 10 nitrogen and oxygen atoms in total. The fourth-order valence-corrected chi connectivity index (χ4v) is 9.45. The number of hydrogen-bond donors (Lipinski definition) is 1. The van der Waals surface area contributed by atoms with Gasteiger partial charge in [-0.3, -0.25) is 22.3 Å². The average molecular weight is 777 g/mol. The van der Waals surface area contributed by atoms with Crippen LogP contribution in [0.5, 0.6) is 0 Å². The van der Waals surface area contributed by atoms with Gasteiger partial charge in [0.2, 0.25) is 21.8 Å². The van der Waals surface area contributed by atoms with Gasteiger partial charge < -0.3 is 10.2 Å². The highest BCUT2D eigenvalue weighted by atomic mass is 127. The average Bonchev–Trinajstić information content (AvgIpc) is 3.85. The first-order valence-electron chi connectivity index (χ1n) is 16.2. The number of carbonyl (C=O) groups is 4. The van der Waals surface area contributed by atoms with Crippen LogP contribution in [0.15, 0.2) is 60.7 Å².